The zero-order valence-corrected chi connectivity index (χ0v) is 15.9. The minimum Gasteiger partial charge on any atom is -0.351 e. The third-order valence-corrected chi connectivity index (χ3v) is 5.78. The molecular formula is C22H26N4O2. The van der Waals surface area contributed by atoms with E-state index in [1.54, 1.807) is 18.3 Å². The van der Waals surface area contributed by atoms with Gasteiger partial charge in [0.05, 0.1) is 11.6 Å². The minimum atomic E-state index is -0.192. The standard InChI is InChI=1S/C22H26N4O2/c27-21(17-5-3-11-23-14-17)25-18-9-7-15(8-10-18)13-24-22(28)20-12-16-4-1-2-6-19(16)26-20/h3,5,7-11,14,16,19-20,26H,1-2,4,6,12-13H2,(H,24,28)(H,25,27). The minimum absolute atomic E-state index is 0.0638. The number of rotatable bonds is 5. The van der Waals surface area contributed by atoms with Gasteiger partial charge in [0.1, 0.15) is 0 Å². The molecule has 6 nitrogen and oxygen atoms in total. The van der Waals surface area contributed by atoms with Crippen LogP contribution >= 0.6 is 0 Å². The second-order valence-electron chi connectivity index (χ2n) is 7.72. The van der Waals surface area contributed by atoms with E-state index < -0.39 is 0 Å². The second-order valence-corrected chi connectivity index (χ2v) is 7.72. The molecule has 1 aromatic carbocycles. The second kappa shape index (κ2) is 8.52. The summed E-state index contributed by atoms with van der Waals surface area (Å²) in [4.78, 5) is 28.6. The number of hydrogen-bond acceptors (Lipinski definition) is 4. The molecule has 0 bridgehead atoms. The molecule has 6 heteroatoms. The molecule has 2 aliphatic rings. The van der Waals surface area contributed by atoms with Crippen molar-refractivity contribution in [1.29, 1.82) is 0 Å². The Morgan fingerprint density at radius 2 is 1.93 bits per heavy atom. The van der Waals surface area contributed by atoms with Crippen LogP contribution in [0.15, 0.2) is 48.8 Å². The molecule has 1 aliphatic heterocycles. The van der Waals surface area contributed by atoms with Crippen LogP contribution in [0.2, 0.25) is 0 Å². The van der Waals surface area contributed by atoms with Crippen LogP contribution in [0.3, 0.4) is 0 Å². The van der Waals surface area contributed by atoms with Crippen molar-refractivity contribution in [2.24, 2.45) is 5.92 Å². The Labute approximate surface area is 165 Å². The molecule has 2 amide bonds. The van der Waals surface area contributed by atoms with E-state index in [4.69, 9.17) is 0 Å². The summed E-state index contributed by atoms with van der Waals surface area (Å²) in [5.41, 5.74) is 2.23. The summed E-state index contributed by atoms with van der Waals surface area (Å²) in [7, 11) is 0. The van der Waals surface area contributed by atoms with Crippen LogP contribution in [0.4, 0.5) is 5.69 Å². The zero-order valence-electron chi connectivity index (χ0n) is 15.9. The summed E-state index contributed by atoms with van der Waals surface area (Å²) in [6, 6.07) is 11.4. The maximum atomic E-state index is 12.5. The summed E-state index contributed by atoms with van der Waals surface area (Å²) in [6.07, 6.45) is 9.12. The Morgan fingerprint density at radius 1 is 1.11 bits per heavy atom. The molecule has 3 unspecified atom stereocenters. The molecule has 1 aliphatic carbocycles. The van der Waals surface area contributed by atoms with E-state index in [0.717, 1.165) is 12.0 Å². The number of benzene rings is 1. The van der Waals surface area contributed by atoms with Gasteiger partial charge in [0.15, 0.2) is 0 Å². The first kappa shape index (κ1) is 18.6. The highest BCUT2D eigenvalue weighted by atomic mass is 16.2. The van der Waals surface area contributed by atoms with Crippen LogP contribution in [0, 0.1) is 5.92 Å². The first-order chi connectivity index (χ1) is 13.7. The molecule has 146 valence electrons. The third kappa shape index (κ3) is 4.39. The molecule has 3 atom stereocenters. The summed E-state index contributed by atoms with van der Waals surface area (Å²) in [6.45, 7) is 0.489. The van der Waals surface area contributed by atoms with E-state index >= 15 is 0 Å². The van der Waals surface area contributed by atoms with Gasteiger partial charge in [-0.15, -0.1) is 0 Å². The molecule has 1 aromatic heterocycles. The van der Waals surface area contributed by atoms with Crippen molar-refractivity contribution in [1.82, 2.24) is 15.6 Å². The molecule has 2 fully saturated rings. The lowest BCUT2D eigenvalue weighted by Gasteiger charge is -2.24. The molecule has 1 saturated heterocycles. The number of aromatic nitrogens is 1. The lowest BCUT2D eigenvalue weighted by molar-refractivity contribution is -0.123. The fourth-order valence-corrected chi connectivity index (χ4v) is 4.24. The molecule has 3 N–H and O–H groups in total. The van der Waals surface area contributed by atoms with Crippen molar-refractivity contribution in [3.05, 3.63) is 59.9 Å². The van der Waals surface area contributed by atoms with Crippen molar-refractivity contribution >= 4 is 17.5 Å². The quantitative estimate of drug-likeness (QED) is 0.747. The van der Waals surface area contributed by atoms with E-state index in [0.29, 0.717) is 29.8 Å². The van der Waals surface area contributed by atoms with Crippen molar-refractivity contribution in [3.63, 3.8) is 0 Å². The zero-order chi connectivity index (χ0) is 19.3. The van der Waals surface area contributed by atoms with Crippen LogP contribution in [-0.4, -0.2) is 28.9 Å². The van der Waals surface area contributed by atoms with E-state index in [1.165, 1.54) is 31.9 Å². The first-order valence-corrected chi connectivity index (χ1v) is 10.0. The Morgan fingerprint density at radius 3 is 2.68 bits per heavy atom. The number of fused-ring (bicyclic) bond motifs is 1. The number of anilines is 1. The molecule has 28 heavy (non-hydrogen) atoms. The fraction of sp³-hybridized carbons (Fsp3) is 0.409. The Kier molecular flexibility index (Phi) is 5.67. The monoisotopic (exact) mass is 378 g/mol. The molecule has 2 aromatic rings. The van der Waals surface area contributed by atoms with E-state index in [2.05, 4.69) is 20.9 Å². The average Bonchev–Trinajstić information content (AvgIpc) is 3.18. The average molecular weight is 378 g/mol. The van der Waals surface area contributed by atoms with Crippen LogP contribution in [0.1, 0.15) is 48.0 Å². The summed E-state index contributed by atoms with van der Waals surface area (Å²) in [5.74, 6) is 0.554. The Hall–Kier alpha value is -2.73. The van der Waals surface area contributed by atoms with Crippen LogP contribution in [0.25, 0.3) is 0 Å². The molecule has 2 heterocycles. The summed E-state index contributed by atoms with van der Waals surface area (Å²) < 4.78 is 0. The SMILES string of the molecule is O=C(Nc1ccc(CNC(=O)C2CC3CCCCC3N2)cc1)c1cccnc1. The van der Waals surface area contributed by atoms with Gasteiger partial charge in [-0.2, -0.15) is 0 Å². The fourth-order valence-electron chi connectivity index (χ4n) is 4.24. The largest absolute Gasteiger partial charge is 0.351 e. The third-order valence-electron chi connectivity index (χ3n) is 5.78. The van der Waals surface area contributed by atoms with Gasteiger partial charge < -0.3 is 16.0 Å². The van der Waals surface area contributed by atoms with E-state index in [9.17, 15) is 9.59 Å². The summed E-state index contributed by atoms with van der Waals surface area (Å²) in [5, 5.41) is 9.40. The first-order valence-electron chi connectivity index (χ1n) is 10.0. The van der Waals surface area contributed by atoms with Crippen molar-refractivity contribution < 1.29 is 9.59 Å². The normalized spacial score (nSPS) is 23.6. The van der Waals surface area contributed by atoms with Gasteiger partial charge in [-0.3, -0.25) is 14.6 Å². The highest BCUT2D eigenvalue weighted by Crippen LogP contribution is 2.33. The topological polar surface area (TPSA) is 83.1 Å². The lowest BCUT2D eigenvalue weighted by atomic mass is 9.85. The van der Waals surface area contributed by atoms with E-state index in [-0.39, 0.29) is 17.9 Å². The van der Waals surface area contributed by atoms with Crippen molar-refractivity contribution in [2.75, 3.05) is 5.32 Å². The number of carbonyl (C=O) groups is 2. The Balaban J connectivity index is 1.26. The molecule has 1 saturated carbocycles. The number of carbonyl (C=O) groups excluding carboxylic acids is 2. The number of hydrogen-bond donors (Lipinski definition) is 3. The van der Waals surface area contributed by atoms with Crippen molar-refractivity contribution in [2.45, 2.75) is 50.7 Å². The predicted octanol–water partition coefficient (Wildman–Crippen LogP) is 2.87. The highest BCUT2D eigenvalue weighted by Gasteiger charge is 2.37. The predicted molar refractivity (Wildman–Crippen MR) is 108 cm³/mol. The highest BCUT2D eigenvalue weighted by molar-refractivity contribution is 6.04. The molecule has 4 rings (SSSR count). The van der Waals surface area contributed by atoms with Crippen LogP contribution in [0.5, 0.6) is 0 Å². The maximum absolute atomic E-state index is 12.5. The number of amides is 2. The smallest absolute Gasteiger partial charge is 0.257 e. The van der Waals surface area contributed by atoms with Gasteiger partial charge >= 0.3 is 0 Å². The van der Waals surface area contributed by atoms with Gasteiger partial charge in [-0.25, -0.2) is 0 Å². The number of nitrogens with zero attached hydrogens (tertiary/aromatic N) is 1. The van der Waals surface area contributed by atoms with Gasteiger partial charge in [-0.05, 0) is 55.0 Å². The van der Waals surface area contributed by atoms with E-state index in [1.807, 2.05) is 24.3 Å². The molecular weight excluding hydrogens is 352 g/mol. The van der Waals surface area contributed by atoms with Gasteiger partial charge in [0, 0.05) is 30.7 Å². The molecule has 0 radical (unpaired) electrons. The lowest BCUT2D eigenvalue weighted by Crippen LogP contribution is -2.42. The number of nitrogens with one attached hydrogen (secondary N) is 3. The van der Waals surface area contributed by atoms with Crippen molar-refractivity contribution in [3.8, 4) is 0 Å². The Bertz CT molecular complexity index is 808. The summed E-state index contributed by atoms with van der Waals surface area (Å²) >= 11 is 0. The van der Waals surface area contributed by atoms with Gasteiger partial charge in [-0.1, -0.05) is 25.0 Å². The number of pyridine rings is 1. The van der Waals surface area contributed by atoms with Gasteiger partial charge in [0.25, 0.3) is 5.91 Å². The van der Waals surface area contributed by atoms with Crippen LogP contribution in [-0.2, 0) is 11.3 Å². The molecule has 0 spiro atoms. The van der Waals surface area contributed by atoms with Crippen LogP contribution < -0.4 is 16.0 Å². The maximum Gasteiger partial charge on any atom is 0.257 e. The van der Waals surface area contributed by atoms with Gasteiger partial charge in [0.2, 0.25) is 5.91 Å².